The van der Waals surface area contributed by atoms with Crippen molar-refractivity contribution in [3.05, 3.63) is 0 Å². The van der Waals surface area contributed by atoms with E-state index >= 15 is 0 Å². The molecule has 0 aliphatic carbocycles. The summed E-state index contributed by atoms with van der Waals surface area (Å²) < 4.78 is 5.15. The lowest BCUT2D eigenvalue weighted by atomic mass is 10.3. The molecule has 0 bridgehead atoms. The number of carbonyl (C=O) groups excluding carboxylic acids is 2. The van der Waals surface area contributed by atoms with Crippen LogP contribution in [0.1, 0.15) is 13.8 Å². The normalized spacial score (nSPS) is 18.2. The summed E-state index contributed by atoms with van der Waals surface area (Å²) in [6.45, 7) is 4.93. The van der Waals surface area contributed by atoms with Gasteiger partial charge in [0.1, 0.15) is 6.10 Å². The standard InChI is InChI=1S/C11H17N3O3/c1-3-13-7-11(16)14(8-10(13)15)4-5-17-9(2)6-12/h9H,3-5,7-8H2,1-2H3. The quantitative estimate of drug-likeness (QED) is 0.654. The van der Waals surface area contributed by atoms with Crippen molar-refractivity contribution in [3.8, 4) is 6.07 Å². The van der Waals surface area contributed by atoms with E-state index in [4.69, 9.17) is 10.00 Å². The van der Waals surface area contributed by atoms with E-state index < -0.39 is 6.10 Å². The molecular formula is C11H17N3O3. The number of nitriles is 1. The van der Waals surface area contributed by atoms with Crippen LogP contribution in [-0.4, -0.2) is 60.5 Å². The average molecular weight is 239 g/mol. The van der Waals surface area contributed by atoms with E-state index in [0.717, 1.165) is 0 Å². The predicted molar refractivity (Wildman–Crippen MR) is 59.9 cm³/mol. The van der Waals surface area contributed by atoms with Gasteiger partial charge in [-0.3, -0.25) is 9.59 Å². The van der Waals surface area contributed by atoms with E-state index in [-0.39, 0.29) is 31.5 Å². The first-order chi connectivity index (χ1) is 8.08. The molecule has 0 aromatic heterocycles. The number of piperazine rings is 1. The summed E-state index contributed by atoms with van der Waals surface area (Å²) in [5, 5.41) is 8.52. The van der Waals surface area contributed by atoms with Crippen molar-refractivity contribution >= 4 is 11.8 Å². The zero-order chi connectivity index (χ0) is 12.8. The molecule has 0 aromatic carbocycles. The fourth-order valence-corrected chi connectivity index (χ4v) is 1.57. The van der Waals surface area contributed by atoms with Crippen LogP contribution in [0.5, 0.6) is 0 Å². The number of hydrogen-bond acceptors (Lipinski definition) is 4. The monoisotopic (exact) mass is 239 g/mol. The molecule has 1 fully saturated rings. The van der Waals surface area contributed by atoms with Crippen LogP contribution in [0.3, 0.4) is 0 Å². The molecule has 1 atom stereocenters. The maximum Gasteiger partial charge on any atom is 0.242 e. The number of ether oxygens (including phenoxy) is 1. The molecular weight excluding hydrogens is 222 g/mol. The molecule has 6 heteroatoms. The molecule has 1 rings (SSSR count). The summed E-state index contributed by atoms with van der Waals surface area (Å²) >= 11 is 0. The number of amides is 2. The van der Waals surface area contributed by atoms with Gasteiger partial charge in [0.25, 0.3) is 0 Å². The Morgan fingerprint density at radius 1 is 1.35 bits per heavy atom. The van der Waals surface area contributed by atoms with E-state index in [1.807, 2.05) is 13.0 Å². The van der Waals surface area contributed by atoms with Crippen LogP contribution in [-0.2, 0) is 14.3 Å². The molecule has 0 saturated carbocycles. The number of likely N-dealkylation sites (N-methyl/N-ethyl adjacent to an activating group) is 1. The minimum absolute atomic E-state index is 0.0413. The fraction of sp³-hybridized carbons (Fsp3) is 0.727. The van der Waals surface area contributed by atoms with Crippen LogP contribution in [0, 0.1) is 11.3 Å². The largest absolute Gasteiger partial charge is 0.362 e. The van der Waals surface area contributed by atoms with Gasteiger partial charge >= 0.3 is 0 Å². The van der Waals surface area contributed by atoms with Crippen LogP contribution in [0.25, 0.3) is 0 Å². The van der Waals surface area contributed by atoms with Gasteiger partial charge in [-0.15, -0.1) is 0 Å². The summed E-state index contributed by atoms with van der Waals surface area (Å²) in [7, 11) is 0. The van der Waals surface area contributed by atoms with Crippen molar-refractivity contribution in [2.75, 3.05) is 32.8 Å². The van der Waals surface area contributed by atoms with Gasteiger partial charge in [-0.2, -0.15) is 5.26 Å². The summed E-state index contributed by atoms with van der Waals surface area (Å²) in [5.74, 6) is -0.111. The third kappa shape index (κ3) is 3.71. The first-order valence-electron chi connectivity index (χ1n) is 5.65. The molecule has 0 radical (unpaired) electrons. The lowest BCUT2D eigenvalue weighted by molar-refractivity contribution is -0.150. The molecule has 0 aromatic rings. The molecule has 1 saturated heterocycles. The molecule has 1 heterocycles. The summed E-state index contributed by atoms with van der Waals surface area (Å²) in [6.07, 6.45) is -0.488. The highest BCUT2D eigenvalue weighted by Crippen LogP contribution is 2.04. The Bertz CT molecular complexity index is 337. The smallest absolute Gasteiger partial charge is 0.242 e. The lowest BCUT2D eigenvalue weighted by Crippen LogP contribution is -2.54. The molecule has 1 aliphatic rings. The second kappa shape index (κ2) is 6.21. The van der Waals surface area contributed by atoms with Crippen molar-refractivity contribution < 1.29 is 14.3 Å². The minimum Gasteiger partial charge on any atom is -0.362 e. The van der Waals surface area contributed by atoms with Gasteiger partial charge in [0, 0.05) is 13.1 Å². The second-order valence-corrected chi connectivity index (χ2v) is 3.87. The van der Waals surface area contributed by atoms with E-state index in [1.165, 1.54) is 9.80 Å². The van der Waals surface area contributed by atoms with Gasteiger partial charge in [-0.25, -0.2) is 0 Å². The molecule has 2 amide bonds. The third-order valence-corrected chi connectivity index (χ3v) is 2.65. The van der Waals surface area contributed by atoms with Crippen molar-refractivity contribution in [2.45, 2.75) is 20.0 Å². The van der Waals surface area contributed by atoms with E-state index in [0.29, 0.717) is 13.1 Å². The van der Waals surface area contributed by atoms with Crippen LogP contribution >= 0.6 is 0 Å². The van der Waals surface area contributed by atoms with Gasteiger partial charge in [0.2, 0.25) is 11.8 Å². The Morgan fingerprint density at radius 3 is 2.53 bits per heavy atom. The highest BCUT2D eigenvalue weighted by molar-refractivity contribution is 5.92. The van der Waals surface area contributed by atoms with Crippen LogP contribution < -0.4 is 0 Å². The van der Waals surface area contributed by atoms with Crippen molar-refractivity contribution in [1.29, 1.82) is 5.26 Å². The minimum atomic E-state index is -0.488. The lowest BCUT2D eigenvalue weighted by Gasteiger charge is -2.33. The summed E-state index contributed by atoms with van der Waals surface area (Å²) in [6, 6.07) is 1.94. The maximum absolute atomic E-state index is 11.7. The first kappa shape index (κ1) is 13.5. The molecule has 0 N–H and O–H groups in total. The van der Waals surface area contributed by atoms with Crippen LogP contribution in [0.15, 0.2) is 0 Å². The maximum atomic E-state index is 11.7. The number of nitrogens with zero attached hydrogens (tertiary/aromatic N) is 3. The number of carbonyl (C=O) groups is 2. The predicted octanol–water partition coefficient (Wildman–Crippen LogP) is -0.394. The van der Waals surface area contributed by atoms with Gasteiger partial charge < -0.3 is 14.5 Å². The molecule has 17 heavy (non-hydrogen) atoms. The summed E-state index contributed by atoms with van der Waals surface area (Å²) in [4.78, 5) is 26.2. The highest BCUT2D eigenvalue weighted by atomic mass is 16.5. The molecule has 1 aliphatic heterocycles. The van der Waals surface area contributed by atoms with Crippen molar-refractivity contribution in [1.82, 2.24) is 9.80 Å². The summed E-state index contributed by atoms with van der Waals surface area (Å²) in [5.41, 5.74) is 0. The fourth-order valence-electron chi connectivity index (χ4n) is 1.57. The van der Waals surface area contributed by atoms with Crippen LogP contribution in [0.2, 0.25) is 0 Å². The molecule has 94 valence electrons. The Hall–Kier alpha value is -1.61. The highest BCUT2D eigenvalue weighted by Gasteiger charge is 2.28. The zero-order valence-corrected chi connectivity index (χ0v) is 10.2. The van der Waals surface area contributed by atoms with Gasteiger partial charge in [-0.05, 0) is 13.8 Å². The Labute approximate surface area is 101 Å². The van der Waals surface area contributed by atoms with Crippen molar-refractivity contribution in [2.24, 2.45) is 0 Å². The van der Waals surface area contributed by atoms with Crippen LogP contribution in [0.4, 0.5) is 0 Å². The molecule has 0 spiro atoms. The number of hydrogen-bond donors (Lipinski definition) is 0. The SMILES string of the molecule is CCN1CC(=O)N(CCOC(C)C#N)CC1=O. The van der Waals surface area contributed by atoms with Gasteiger partial charge in [0.05, 0.1) is 25.8 Å². The van der Waals surface area contributed by atoms with E-state index in [9.17, 15) is 9.59 Å². The number of rotatable bonds is 5. The molecule has 1 unspecified atom stereocenters. The van der Waals surface area contributed by atoms with E-state index in [1.54, 1.807) is 6.92 Å². The Kier molecular flexibility index (Phi) is 4.91. The Morgan fingerprint density at radius 2 is 1.94 bits per heavy atom. The van der Waals surface area contributed by atoms with Crippen molar-refractivity contribution in [3.63, 3.8) is 0 Å². The van der Waals surface area contributed by atoms with Gasteiger partial charge in [0.15, 0.2) is 0 Å². The third-order valence-electron chi connectivity index (χ3n) is 2.65. The average Bonchev–Trinajstić information content (AvgIpc) is 2.32. The van der Waals surface area contributed by atoms with Gasteiger partial charge in [-0.1, -0.05) is 0 Å². The van der Waals surface area contributed by atoms with E-state index in [2.05, 4.69) is 0 Å². The Balaban J connectivity index is 2.38. The first-order valence-corrected chi connectivity index (χ1v) is 5.65. The topological polar surface area (TPSA) is 73.6 Å². The second-order valence-electron chi connectivity index (χ2n) is 3.87. The molecule has 6 nitrogen and oxygen atoms in total. The zero-order valence-electron chi connectivity index (χ0n) is 10.2.